The van der Waals surface area contributed by atoms with Gasteiger partial charge >= 0.3 is 19.8 Å². The fourth-order valence-corrected chi connectivity index (χ4v) is 13.8. The Kier molecular flexibility index (Phi) is 42.9. The number of hydrogen-bond donors (Lipinski definition) is 18. The predicted octanol–water partition coefficient (Wildman–Crippen LogP) is -0.0326. The van der Waals surface area contributed by atoms with Crippen molar-refractivity contribution < 1.29 is 162 Å². The van der Waals surface area contributed by atoms with E-state index in [1.807, 2.05) is 0 Å². The summed E-state index contributed by atoms with van der Waals surface area (Å²) < 4.78 is 81.4. The largest absolute Gasteiger partial charge is 0.472 e. The van der Waals surface area contributed by atoms with E-state index >= 15 is 0 Å². The summed E-state index contributed by atoms with van der Waals surface area (Å²) >= 11 is 0. The van der Waals surface area contributed by atoms with Crippen LogP contribution in [0.15, 0.2) is 12.2 Å². The van der Waals surface area contributed by atoms with Crippen molar-refractivity contribution >= 4 is 19.8 Å². The molecule has 0 spiro atoms. The first-order valence-electron chi connectivity index (χ1n) is 37.0. The van der Waals surface area contributed by atoms with Crippen LogP contribution in [0.1, 0.15) is 200 Å². The number of carbonyl (C=O) groups is 2. The highest BCUT2D eigenvalue weighted by Gasteiger charge is 2.59. The molecule has 1 aliphatic carbocycles. The van der Waals surface area contributed by atoms with Crippen molar-refractivity contribution in [1.29, 1.82) is 0 Å². The van der Waals surface area contributed by atoms with Crippen LogP contribution in [0.2, 0.25) is 0 Å². The minimum atomic E-state index is -5.82. The maximum absolute atomic E-state index is 14.4. The van der Waals surface area contributed by atoms with E-state index in [1.165, 1.54) is 83.5 Å². The molecule has 5 fully saturated rings. The summed E-state index contributed by atoms with van der Waals surface area (Å²) in [5, 5.41) is 183. The average Bonchev–Trinajstić information content (AvgIpc) is 0.761. The van der Waals surface area contributed by atoms with Gasteiger partial charge in [-0.25, -0.2) is 4.57 Å². The topological polar surface area (TPSA) is 526 Å². The average molecular weight is 1500 g/mol. The number of unbranched alkanes of at least 4 members (excludes halogenated alkanes) is 24. The molecule has 0 aromatic carbocycles. The summed E-state index contributed by atoms with van der Waals surface area (Å²) in [6, 6.07) is 0. The Hall–Kier alpha value is -2.21. The number of allylic oxidation sites excluding steroid dienone is 2. The molecule has 12 unspecified atom stereocenters. The lowest BCUT2D eigenvalue weighted by atomic mass is 9.84. The van der Waals surface area contributed by atoms with Crippen LogP contribution in [-0.4, -0.2) is 309 Å². The van der Waals surface area contributed by atoms with Crippen LogP contribution < -0.4 is 0 Å². The fourth-order valence-electron chi connectivity index (χ4n) is 12.8. The number of esters is 2. The van der Waals surface area contributed by atoms with Gasteiger partial charge in [0.05, 0.1) is 33.0 Å². The normalized spacial score (nSPS) is 36.2. The molecule has 4 heterocycles. The Bertz CT molecular complexity index is 2330. The number of aliphatic hydroxyl groups excluding tert-OH is 17. The molecule has 33 nitrogen and oxygen atoms in total. The van der Waals surface area contributed by atoms with Gasteiger partial charge < -0.3 is 139 Å². The molecule has 28 atom stereocenters. The van der Waals surface area contributed by atoms with E-state index in [0.717, 1.165) is 70.6 Å². The van der Waals surface area contributed by atoms with Crippen LogP contribution in [0.4, 0.5) is 0 Å². The third-order valence-electron chi connectivity index (χ3n) is 19.3. The molecule has 0 amide bonds. The molecule has 5 aliphatic rings. The molecule has 5 rings (SSSR count). The molecule has 598 valence electrons. The molecule has 0 aromatic rings. The second-order valence-electron chi connectivity index (χ2n) is 27.6. The fraction of sp³-hybridized carbons (Fsp3) is 0.941. The minimum absolute atomic E-state index is 0.00215. The van der Waals surface area contributed by atoms with E-state index in [0.29, 0.717) is 19.3 Å². The molecular weight excluding hydrogens is 1380 g/mol. The monoisotopic (exact) mass is 1500 g/mol. The van der Waals surface area contributed by atoms with Crippen molar-refractivity contribution in [2.75, 3.05) is 39.6 Å². The van der Waals surface area contributed by atoms with Crippen LogP contribution in [0.3, 0.4) is 0 Å². The molecule has 0 aromatic heterocycles. The van der Waals surface area contributed by atoms with Gasteiger partial charge in [0.2, 0.25) is 0 Å². The summed E-state index contributed by atoms with van der Waals surface area (Å²) in [6.07, 6.45) is -23.3. The number of carbonyl (C=O) groups excluding carboxylic acids is 2. The van der Waals surface area contributed by atoms with Crippen molar-refractivity contribution in [3.05, 3.63) is 12.2 Å². The van der Waals surface area contributed by atoms with E-state index in [2.05, 4.69) is 26.0 Å². The lowest BCUT2D eigenvalue weighted by Gasteiger charge is -2.49. The maximum atomic E-state index is 14.4. The lowest BCUT2D eigenvalue weighted by Crippen LogP contribution is -2.69. The van der Waals surface area contributed by atoms with Gasteiger partial charge in [-0.1, -0.05) is 161 Å². The standard InChI is InChI=1S/C68H123O33P/c1-3-5-7-9-11-13-15-17-18-19-21-22-24-26-28-30-32-45(71)90-36-40(94-46(72)33-31-29-27-25-23-20-16-14-12-10-8-6-4-2)37-93-102(88,89)101-64-62(99-67-60(86)52(78)48(74)42(35-70)96-67)56(82)55(81)57(83)63(64)100-68-61(87)54(80)50(76)44(98-68)39-92-66-59(85)53(79)49(75)43(97-66)38-91-65-58(84)51(77)47(73)41(34-69)95-65/h14,16,40-44,47-70,73-87H,3-13,15,17-39H2,1-2H3,(H,88,89)/b16-14-/t40-,41?,42?,43?,44?,47+,48-,49+,50+,51?,52?,53?,54?,55+,56?,57?,58+,59+,60-,61+,62-,63?,64+,65-,66-,67-,68+/m1/s1. The Labute approximate surface area is 597 Å². The zero-order valence-corrected chi connectivity index (χ0v) is 60.0. The van der Waals surface area contributed by atoms with Gasteiger partial charge in [-0.05, 0) is 38.5 Å². The number of phosphoric acid groups is 1. The SMILES string of the molecule is CCCCCC/C=C\CCCCCCCC(=O)O[C@H](COC(=O)CCCCCCCCCCCCCCCCCC)COP(=O)(O)O[C@@H]1C(O[C@@H]2OC(CO[C@@H]3OC(CO[C@@H]4OC(CO)[C@H](O)C(O)[C@@H]4O)[C@H](O)C(O)[C@@H]3O)[C@H](O)C(O)[C@@H]2O)C(O)[C@@H](O)C(O)[C@H]1O[C@H]1OC(CO)[C@@H](O)C(O)[C@H]1O. The van der Waals surface area contributed by atoms with Crippen LogP contribution >= 0.6 is 7.82 Å². The van der Waals surface area contributed by atoms with E-state index < -0.39 is 225 Å². The molecule has 102 heavy (non-hydrogen) atoms. The predicted molar refractivity (Wildman–Crippen MR) is 356 cm³/mol. The van der Waals surface area contributed by atoms with Gasteiger partial charge in [0, 0.05) is 12.8 Å². The number of aliphatic hydroxyl groups is 17. The van der Waals surface area contributed by atoms with E-state index in [9.17, 15) is 106 Å². The van der Waals surface area contributed by atoms with Crippen molar-refractivity contribution in [2.45, 2.75) is 366 Å². The van der Waals surface area contributed by atoms with Gasteiger partial charge in [0.25, 0.3) is 0 Å². The Morgan fingerprint density at radius 2 is 0.706 bits per heavy atom. The first-order chi connectivity index (χ1) is 48.8. The molecule has 0 bridgehead atoms. The Balaban J connectivity index is 1.28. The van der Waals surface area contributed by atoms with E-state index in [1.54, 1.807) is 0 Å². The smallest absolute Gasteiger partial charge is 0.462 e. The molecule has 0 radical (unpaired) electrons. The summed E-state index contributed by atoms with van der Waals surface area (Å²) in [4.78, 5) is 38.2. The molecule has 1 saturated carbocycles. The van der Waals surface area contributed by atoms with Crippen LogP contribution in [0.5, 0.6) is 0 Å². The van der Waals surface area contributed by atoms with Gasteiger partial charge in [-0.2, -0.15) is 0 Å². The van der Waals surface area contributed by atoms with E-state index in [-0.39, 0.29) is 12.8 Å². The first-order valence-corrected chi connectivity index (χ1v) is 38.5. The summed E-state index contributed by atoms with van der Waals surface area (Å²) in [6.45, 7) is -0.921. The molecule has 4 aliphatic heterocycles. The third kappa shape index (κ3) is 29.3. The zero-order chi connectivity index (χ0) is 74.9. The molecule has 34 heteroatoms. The summed E-state index contributed by atoms with van der Waals surface area (Å²) in [5.74, 6) is -1.45. The maximum Gasteiger partial charge on any atom is 0.472 e. The molecular formula is C68H123O33P. The van der Waals surface area contributed by atoms with E-state index in [4.69, 9.17) is 56.4 Å². The van der Waals surface area contributed by atoms with Gasteiger partial charge in [0.1, 0.15) is 141 Å². The number of rotatable bonds is 50. The van der Waals surface area contributed by atoms with Gasteiger partial charge in [-0.15, -0.1) is 0 Å². The first kappa shape index (κ1) is 90.4. The van der Waals surface area contributed by atoms with Crippen molar-refractivity contribution in [2.24, 2.45) is 0 Å². The van der Waals surface area contributed by atoms with Crippen molar-refractivity contribution in [3.63, 3.8) is 0 Å². The van der Waals surface area contributed by atoms with Crippen LogP contribution in [0, 0.1) is 0 Å². The third-order valence-corrected chi connectivity index (χ3v) is 20.3. The summed E-state index contributed by atoms with van der Waals surface area (Å²) in [7, 11) is -5.82. The highest BCUT2D eigenvalue weighted by molar-refractivity contribution is 7.47. The van der Waals surface area contributed by atoms with Gasteiger partial charge in [-0.3, -0.25) is 18.6 Å². The van der Waals surface area contributed by atoms with Crippen LogP contribution in [0.25, 0.3) is 0 Å². The molecule has 4 saturated heterocycles. The van der Waals surface area contributed by atoms with Gasteiger partial charge in [0.15, 0.2) is 31.3 Å². The number of ether oxygens (including phenoxy) is 10. The quantitative estimate of drug-likeness (QED) is 0.0165. The highest BCUT2D eigenvalue weighted by atomic mass is 31.2. The number of phosphoric ester groups is 1. The minimum Gasteiger partial charge on any atom is -0.462 e. The van der Waals surface area contributed by atoms with Crippen molar-refractivity contribution in [3.8, 4) is 0 Å². The van der Waals surface area contributed by atoms with Crippen molar-refractivity contribution in [1.82, 2.24) is 0 Å². The number of hydrogen-bond acceptors (Lipinski definition) is 32. The Morgan fingerprint density at radius 3 is 1.12 bits per heavy atom. The Morgan fingerprint density at radius 1 is 0.382 bits per heavy atom. The second kappa shape index (κ2) is 48.3. The molecule has 18 N–H and O–H groups in total. The lowest BCUT2D eigenvalue weighted by molar-refractivity contribution is -0.365. The highest BCUT2D eigenvalue weighted by Crippen LogP contribution is 2.49. The zero-order valence-electron chi connectivity index (χ0n) is 59.1. The van der Waals surface area contributed by atoms with Crippen LogP contribution in [-0.2, 0) is 70.6 Å². The summed E-state index contributed by atoms with van der Waals surface area (Å²) in [5.41, 5.74) is 0. The second-order valence-corrected chi connectivity index (χ2v) is 29.0.